The number of allylic oxidation sites excluding steroid dienone is 1. The summed E-state index contributed by atoms with van der Waals surface area (Å²) >= 11 is 0. The van der Waals surface area contributed by atoms with E-state index in [9.17, 15) is 15.0 Å². The van der Waals surface area contributed by atoms with Gasteiger partial charge in [-0.3, -0.25) is 4.79 Å². The number of hydrogen-bond donors (Lipinski definition) is 3. The first-order valence-electron chi connectivity index (χ1n) is 5.14. The molecule has 1 aromatic heterocycles. The molecule has 0 unspecified atom stereocenters. The minimum atomic E-state index is -0.433. The lowest BCUT2D eigenvalue weighted by molar-refractivity contribution is 0.101. The van der Waals surface area contributed by atoms with E-state index >= 15 is 0 Å². The van der Waals surface area contributed by atoms with Crippen molar-refractivity contribution in [2.75, 3.05) is 0 Å². The van der Waals surface area contributed by atoms with Gasteiger partial charge >= 0.3 is 0 Å². The van der Waals surface area contributed by atoms with Crippen molar-refractivity contribution in [3.8, 4) is 17.2 Å². The molecular weight excluding hydrogens is 236 g/mol. The second-order valence-electron chi connectivity index (χ2n) is 3.78. The Morgan fingerprint density at radius 2 is 2.17 bits per heavy atom. The standard InChI is InChI=1S/C12H8N2O4/c15-7-2-8(16)11-9(3-7)18-10(12(11)17)1-6-4-13-5-14-6/h1-5,15-16H,(H,13,14)/b10-1-. The number of carbonyl (C=O) groups excluding carboxylic acids is 1. The molecule has 0 fully saturated rings. The Labute approximate surface area is 101 Å². The number of nitrogens with one attached hydrogen (secondary N) is 1. The number of phenols is 2. The molecule has 1 aliphatic rings. The Hall–Kier alpha value is -2.76. The number of carbonyl (C=O) groups is 1. The molecule has 90 valence electrons. The SMILES string of the molecule is O=C1/C(=C/c2cnc[nH]2)Oc2cc(O)cc(O)c21. The number of ketones is 1. The Morgan fingerprint density at radius 3 is 2.89 bits per heavy atom. The number of aromatic nitrogens is 2. The number of H-pyrrole nitrogens is 1. The number of benzene rings is 1. The second kappa shape index (κ2) is 3.63. The Balaban J connectivity index is 2.07. The monoisotopic (exact) mass is 244 g/mol. The lowest BCUT2D eigenvalue weighted by Gasteiger charge is -1.99. The third kappa shape index (κ3) is 1.51. The molecule has 3 N–H and O–H groups in total. The largest absolute Gasteiger partial charge is 0.508 e. The maximum absolute atomic E-state index is 12.0. The number of fused-ring (bicyclic) bond motifs is 1. The molecular formula is C12H8N2O4. The number of hydrogen-bond acceptors (Lipinski definition) is 5. The Morgan fingerprint density at radius 1 is 1.33 bits per heavy atom. The molecule has 6 heteroatoms. The zero-order valence-electron chi connectivity index (χ0n) is 9.04. The van der Waals surface area contributed by atoms with E-state index in [4.69, 9.17) is 4.74 Å². The number of rotatable bonds is 1. The van der Waals surface area contributed by atoms with Crippen molar-refractivity contribution in [2.45, 2.75) is 0 Å². The summed E-state index contributed by atoms with van der Waals surface area (Å²) in [5.74, 6) is -0.694. The number of phenolic OH excluding ortho intramolecular Hbond substituents is 2. The summed E-state index contributed by atoms with van der Waals surface area (Å²) in [5.41, 5.74) is 0.661. The van der Waals surface area contributed by atoms with Crippen molar-refractivity contribution >= 4 is 11.9 Å². The fourth-order valence-electron chi connectivity index (χ4n) is 1.77. The van der Waals surface area contributed by atoms with E-state index in [0.29, 0.717) is 5.69 Å². The van der Waals surface area contributed by atoms with Crippen molar-refractivity contribution in [2.24, 2.45) is 0 Å². The number of nitrogens with zero attached hydrogens (tertiary/aromatic N) is 1. The van der Waals surface area contributed by atoms with Crippen LogP contribution in [0.5, 0.6) is 17.2 Å². The lowest BCUT2D eigenvalue weighted by atomic mass is 10.1. The summed E-state index contributed by atoms with van der Waals surface area (Å²) in [6.45, 7) is 0. The normalized spacial score (nSPS) is 15.8. The third-order valence-corrected chi connectivity index (χ3v) is 2.54. The molecule has 0 spiro atoms. The van der Waals surface area contributed by atoms with Crippen LogP contribution < -0.4 is 4.74 Å². The topological polar surface area (TPSA) is 95.4 Å². The molecule has 0 aliphatic carbocycles. The molecule has 2 aromatic rings. The highest BCUT2D eigenvalue weighted by molar-refractivity contribution is 6.16. The average Bonchev–Trinajstić information content (AvgIpc) is 2.88. The predicted octanol–water partition coefficient (Wildman–Crippen LogP) is 1.44. The lowest BCUT2D eigenvalue weighted by Crippen LogP contribution is -1.98. The van der Waals surface area contributed by atoms with Gasteiger partial charge in [-0.15, -0.1) is 0 Å². The third-order valence-electron chi connectivity index (χ3n) is 2.54. The average molecular weight is 244 g/mol. The summed E-state index contributed by atoms with van der Waals surface area (Å²) in [4.78, 5) is 18.6. The minimum absolute atomic E-state index is 0.0542. The van der Waals surface area contributed by atoms with Crippen LogP contribution in [0, 0.1) is 0 Å². The second-order valence-corrected chi connectivity index (χ2v) is 3.78. The van der Waals surface area contributed by atoms with Gasteiger partial charge in [0.25, 0.3) is 0 Å². The van der Waals surface area contributed by atoms with Crippen LogP contribution in [-0.2, 0) is 0 Å². The van der Waals surface area contributed by atoms with E-state index in [0.717, 1.165) is 6.07 Å². The van der Waals surface area contributed by atoms with Crippen molar-refractivity contribution in [1.29, 1.82) is 0 Å². The van der Waals surface area contributed by atoms with Gasteiger partial charge in [-0.25, -0.2) is 4.98 Å². The van der Waals surface area contributed by atoms with E-state index in [1.807, 2.05) is 0 Å². The minimum Gasteiger partial charge on any atom is -0.508 e. The van der Waals surface area contributed by atoms with E-state index in [2.05, 4.69) is 9.97 Å². The summed E-state index contributed by atoms with van der Waals surface area (Å²) in [5, 5.41) is 18.9. The molecule has 0 bridgehead atoms. The quantitative estimate of drug-likeness (QED) is 0.659. The first-order chi connectivity index (χ1) is 8.65. The zero-order chi connectivity index (χ0) is 12.7. The van der Waals surface area contributed by atoms with E-state index < -0.39 is 5.78 Å². The van der Waals surface area contributed by atoms with Crippen LogP contribution in [0.15, 0.2) is 30.4 Å². The number of ether oxygens (including phenoxy) is 1. The van der Waals surface area contributed by atoms with Gasteiger partial charge in [0.1, 0.15) is 22.8 Å². The molecule has 0 atom stereocenters. The molecule has 1 aliphatic heterocycles. The summed E-state index contributed by atoms with van der Waals surface area (Å²) < 4.78 is 5.30. The van der Waals surface area contributed by atoms with Crippen LogP contribution in [0.25, 0.3) is 6.08 Å². The van der Waals surface area contributed by atoms with E-state index in [1.165, 1.54) is 24.7 Å². The molecule has 3 rings (SSSR count). The van der Waals surface area contributed by atoms with E-state index in [1.54, 1.807) is 0 Å². The fourth-order valence-corrected chi connectivity index (χ4v) is 1.77. The molecule has 1 aromatic carbocycles. The van der Waals surface area contributed by atoms with Crippen molar-refractivity contribution in [3.05, 3.63) is 41.7 Å². The van der Waals surface area contributed by atoms with E-state index in [-0.39, 0.29) is 28.6 Å². The predicted molar refractivity (Wildman–Crippen MR) is 61.3 cm³/mol. The first kappa shape index (κ1) is 10.4. The maximum atomic E-state index is 12.0. The van der Waals surface area contributed by atoms with Crippen molar-refractivity contribution in [3.63, 3.8) is 0 Å². The summed E-state index contributed by atoms with van der Waals surface area (Å²) in [6, 6.07) is 2.37. The molecule has 0 saturated carbocycles. The van der Waals surface area contributed by atoms with Crippen LogP contribution in [0.3, 0.4) is 0 Å². The van der Waals surface area contributed by atoms with Gasteiger partial charge in [0.2, 0.25) is 5.78 Å². The van der Waals surface area contributed by atoms with Gasteiger partial charge in [-0.1, -0.05) is 0 Å². The van der Waals surface area contributed by atoms with Crippen molar-refractivity contribution < 1.29 is 19.7 Å². The van der Waals surface area contributed by atoms with Gasteiger partial charge < -0.3 is 19.9 Å². The number of aromatic amines is 1. The molecule has 0 amide bonds. The van der Waals surface area contributed by atoms with Gasteiger partial charge in [-0.2, -0.15) is 0 Å². The van der Waals surface area contributed by atoms with Crippen LogP contribution in [0.1, 0.15) is 16.1 Å². The molecule has 0 radical (unpaired) electrons. The molecule has 6 nitrogen and oxygen atoms in total. The molecule has 0 saturated heterocycles. The van der Waals surface area contributed by atoms with Crippen LogP contribution in [0.4, 0.5) is 0 Å². The Kier molecular flexibility index (Phi) is 2.09. The van der Waals surface area contributed by atoms with Crippen LogP contribution >= 0.6 is 0 Å². The highest BCUT2D eigenvalue weighted by Gasteiger charge is 2.31. The Bertz CT molecular complexity index is 659. The smallest absolute Gasteiger partial charge is 0.235 e. The highest BCUT2D eigenvalue weighted by atomic mass is 16.5. The number of aromatic hydroxyl groups is 2. The van der Waals surface area contributed by atoms with Gasteiger partial charge in [0, 0.05) is 18.2 Å². The molecule has 18 heavy (non-hydrogen) atoms. The highest BCUT2D eigenvalue weighted by Crippen LogP contribution is 2.40. The van der Waals surface area contributed by atoms with Crippen molar-refractivity contribution in [1.82, 2.24) is 9.97 Å². The van der Waals surface area contributed by atoms with Gasteiger partial charge in [-0.05, 0) is 0 Å². The number of Topliss-reactive ketones (excluding diaryl/α,β-unsaturated/α-hetero) is 1. The fraction of sp³-hybridized carbons (Fsp3) is 0. The summed E-state index contributed by atoms with van der Waals surface area (Å²) in [6.07, 6.45) is 4.48. The molecule has 2 heterocycles. The van der Waals surface area contributed by atoms with Gasteiger partial charge in [0.15, 0.2) is 5.76 Å². The maximum Gasteiger partial charge on any atom is 0.235 e. The van der Waals surface area contributed by atoms with Gasteiger partial charge in [0.05, 0.1) is 18.2 Å². The first-order valence-corrected chi connectivity index (χ1v) is 5.14. The van der Waals surface area contributed by atoms with Crippen LogP contribution in [0.2, 0.25) is 0 Å². The number of imidazole rings is 1. The zero-order valence-corrected chi connectivity index (χ0v) is 9.04. The van der Waals surface area contributed by atoms with Crippen LogP contribution in [-0.4, -0.2) is 26.0 Å². The summed E-state index contributed by atoms with van der Waals surface area (Å²) in [7, 11) is 0.